The van der Waals surface area contributed by atoms with E-state index in [2.05, 4.69) is 29.0 Å². The number of oxazole rings is 1. The molecule has 1 aliphatic rings. The highest BCUT2D eigenvalue weighted by atomic mass is 19.1. The molecule has 2 heterocycles. The lowest BCUT2D eigenvalue weighted by Crippen LogP contribution is -2.42. The van der Waals surface area contributed by atoms with Gasteiger partial charge >= 0.3 is 0 Å². The van der Waals surface area contributed by atoms with Crippen LogP contribution in [0, 0.1) is 17.7 Å². The number of nitrogens with one attached hydrogen (secondary N) is 1. The maximum absolute atomic E-state index is 13.3. The van der Waals surface area contributed by atoms with Gasteiger partial charge in [0.1, 0.15) is 12.1 Å². The number of aromatic nitrogens is 1. The van der Waals surface area contributed by atoms with E-state index in [1.54, 1.807) is 18.4 Å². The van der Waals surface area contributed by atoms with Gasteiger partial charge in [-0.15, -0.1) is 0 Å². The molecule has 0 bridgehead atoms. The predicted octanol–water partition coefficient (Wildman–Crippen LogP) is 5.21. The van der Waals surface area contributed by atoms with E-state index in [1.165, 1.54) is 12.1 Å². The SMILES string of the molecule is CC(C)C(NC(=O)C1CCN(Cc2coc(-c3ccccc3)n2)CC1)c1ccc(F)cc1. The topological polar surface area (TPSA) is 58.4 Å². The standard InChI is InChI=1S/C26H30FN3O2/c1-18(2)24(19-8-10-22(27)11-9-19)29-25(31)20-12-14-30(15-13-20)16-23-17-32-26(28-23)21-6-4-3-5-7-21/h3-11,17-18,20,24H,12-16H2,1-2H3,(H,29,31). The van der Waals surface area contributed by atoms with Crippen molar-refractivity contribution in [2.75, 3.05) is 13.1 Å². The molecule has 168 valence electrons. The van der Waals surface area contributed by atoms with E-state index in [4.69, 9.17) is 4.42 Å². The molecule has 1 atom stereocenters. The van der Waals surface area contributed by atoms with Gasteiger partial charge < -0.3 is 9.73 Å². The molecule has 4 rings (SSSR count). The molecule has 1 aliphatic heterocycles. The smallest absolute Gasteiger partial charge is 0.226 e. The summed E-state index contributed by atoms with van der Waals surface area (Å²) < 4.78 is 18.9. The Hall–Kier alpha value is -2.99. The minimum atomic E-state index is -0.266. The van der Waals surface area contributed by atoms with Gasteiger partial charge in [0, 0.05) is 18.0 Å². The van der Waals surface area contributed by atoms with E-state index in [9.17, 15) is 9.18 Å². The quantitative estimate of drug-likeness (QED) is 0.554. The molecule has 0 radical (unpaired) electrons. The van der Waals surface area contributed by atoms with Crippen LogP contribution in [0.3, 0.4) is 0 Å². The second-order valence-electron chi connectivity index (χ2n) is 8.84. The lowest BCUT2D eigenvalue weighted by atomic mass is 9.92. The number of carbonyl (C=O) groups excluding carboxylic acids is 1. The van der Waals surface area contributed by atoms with E-state index >= 15 is 0 Å². The summed E-state index contributed by atoms with van der Waals surface area (Å²) in [5, 5.41) is 3.20. The summed E-state index contributed by atoms with van der Waals surface area (Å²) in [5.41, 5.74) is 2.81. The Balaban J connectivity index is 1.30. The number of likely N-dealkylation sites (tertiary alicyclic amines) is 1. The first kappa shape index (κ1) is 22.2. The van der Waals surface area contributed by atoms with Crippen molar-refractivity contribution >= 4 is 5.91 Å². The summed E-state index contributed by atoms with van der Waals surface area (Å²) in [6.07, 6.45) is 3.34. The van der Waals surface area contributed by atoms with Crippen molar-refractivity contribution < 1.29 is 13.6 Å². The van der Waals surface area contributed by atoms with Gasteiger partial charge in [-0.2, -0.15) is 0 Å². The second-order valence-corrected chi connectivity index (χ2v) is 8.84. The Morgan fingerprint density at radius 3 is 2.47 bits per heavy atom. The summed E-state index contributed by atoms with van der Waals surface area (Å²) >= 11 is 0. The number of piperidine rings is 1. The van der Waals surface area contributed by atoms with Gasteiger partial charge in [-0.05, 0) is 61.7 Å². The highest BCUT2D eigenvalue weighted by molar-refractivity contribution is 5.79. The number of hydrogen-bond donors (Lipinski definition) is 1. The van der Waals surface area contributed by atoms with Crippen LogP contribution in [-0.2, 0) is 11.3 Å². The van der Waals surface area contributed by atoms with E-state index in [0.29, 0.717) is 5.89 Å². The van der Waals surface area contributed by atoms with Crippen LogP contribution in [0.5, 0.6) is 0 Å². The third-order valence-corrected chi connectivity index (χ3v) is 6.11. The van der Waals surface area contributed by atoms with Gasteiger partial charge in [0.05, 0.1) is 11.7 Å². The summed E-state index contributed by atoms with van der Waals surface area (Å²) in [7, 11) is 0. The number of carbonyl (C=O) groups is 1. The molecule has 0 spiro atoms. The van der Waals surface area contributed by atoms with Crippen LogP contribution in [0.25, 0.3) is 11.5 Å². The Morgan fingerprint density at radius 2 is 1.81 bits per heavy atom. The fraction of sp³-hybridized carbons (Fsp3) is 0.385. The number of benzene rings is 2. The Labute approximate surface area is 188 Å². The molecule has 3 aromatic rings. The van der Waals surface area contributed by atoms with Gasteiger partial charge in [0.15, 0.2) is 0 Å². The second kappa shape index (κ2) is 10.1. The van der Waals surface area contributed by atoms with E-state index < -0.39 is 0 Å². The lowest BCUT2D eigenvalue weighted by molar-refractivity contribution is -0.127. The zero-order valence-corrected chi connectivity index (χ0v) is 18.6. The normalized spacial score (nSPS) is 16.2. The summed E-state index contributed by atoms with van der Waals surface area (Å²) in [6, 6.07) is 16.2. The monoisotopic (exact) mass is 435 g/mol. The average Bonchev–Trinajstić information content (AvgIpc) is 3.27. The molecule has 5 nitrogen and oxygen atoms in total. The van der Waals surface area contributed by atoms with Gasteiger partial charge in [-0.1, -0.05) is 44.2 Å². The third kappa shape index (κ3) is 5.43. The number of nitrogens with zero attached hydrogens (tertiary/aromatic N) is 2. The van der Waals surface area contributed by atoms with Crippen molar-refractivity contribution in [1.82, 2.24) is 15.2 Å². The summed E-state index contributed by atoms with van der Waals surface area (Å²) in [6.45, 7) is 6.54. The van der Waals surface area contributed by atoms with Crippen molar-refractivity contribution in [2.24, 2.45) is 11.8 Å². The van der Waals surface area contributed by atoms with Crippen LogP contribution >= 0.6 is 0 Å². The minimum absolute atomic E-state index is 0.00913. The van der Waals surface area contributed by atoms with Crippen LogP contribution in [0.2, 0.25) is 0 Å². The van der Waals surface area contributed by atoms with Gasteiger partial charge in [-0.3, -0.25) is 9.69 Å². The summed E-state index contributed by atoms with van der Waals surface area (Å²) in [4.78, 5) is 19.9. The van der Waals surface area contributed by atoms with Crippen molar-refractivity contribution in [1.29, 1.82) is 0 Å². The number of amides is 1. The molecule has 2 aromatic carbocycles. The zero-order chi connectivity index (χ0) is 22.5. The van der Waals surface area contributed by atoms with Crippen LogP contribution in [-0.4, -0.2) is 28.9 Å². The molecule has 1 unspecified atom stereocenters. The molecular formula is C26H30FN3O2. The predicted molar refractivity (Wildman–Crippen MR) is 122 cm³/mol. The Morgan fingerprint density at radius 1 is 1.12 bits per heavy atom. The van der Waals surface area contributed by atoms with Crippen molar-refractivity contribution in [3.05, 3.63) is 77.9 Å². The first-order chi connectivity index (χ1) is 15.5. The maximum atomic E-state index is 13.3. The molecule has 1 amide bonds. The van der Waals surface area contributed by atoms with Crippen LogP contribution in [0.1, 0.15) is 44.0 Å². The molecule has 1 N–H and O–H groups in total. The van der Waals surface area contributed by atoms with Gasteiger partial charge in [0.25, 0.3) is 0 Å². The molecule has 1 fully saturated rings. The first-order valence-electron chi connectivity index (χ1n) is 11.3. The fourth-order valence-corrected chi connectivity index (χ4v) is 4.25. The molecule has 32 heavy (non-hydrogen) atoms. The largest absolute Gasteiger partial charge is 0.444 e. The third-order valence-electron chi connectivity index (χ3n) is 6.11. The highest BCUT2D eigenvalue weighted by Crippen LogP contribution is 2.26. The highest BCUT2D eigenvalue weighted by Gasteiger charge is 2.28. The molecule has 0 aliphatic carbocycles. The first-order valence-corrected chi connectivity index (χ1v) is 11.3. The average molecular weight is 436 g/mol. The Bertz CT molecular complexity index is 1010. The van der Waals surface area contributed by atoms with Gasteiger partial charge in [-0.25, -0.2) is 9.37 Å². The van der Waals surface area contributed by atoms with Crippen LogP contribution in [0.15, 0.2) is 65.3 Å². The van der Waals surface area contributed by atoms with Gasteiger partial charge in [0.2, 0.25) is 11.8 Å². The van der Waals surface area contributed by atoms with E-state index in [-0.39, 0.29) is 29.6 Å². The van der Waals surface area contributed by atoms with Crippen molar-refractivity contribution in [2.45, 2.75) is 39.3 Å². The molecular weight excluding hydrogens is 405 g/mol. The molecule has 1 aromatic heterocycles. The minimum Gasteiger partial charge on any atom is -0.444 e. The molecule has 0 saturated carbocycles. The maximum Gasteiger partial charge on any atom is 0.226 e. The number of rotatable bonds is 7. The zero-order valence-electron chi connectivity index (χ0n) is 18.6. The lowest BCUT2D eigenvalue weighted by Gasteiger charge is -2.32. The Kier molecular flexibility index (Phi) is 7.00. The van der Waals surface area contributed by atoms with Crippen molar-refractivity contribution in [3.8, 4) is 11.5 Å². The fourth-order valence-electron chi connectivity index (χ4n) is 4.25. The van der Waals surface area contributed by atoms with E-state index in [0.717, 1.165) is 49.3 Å². The molecule has 1 saturated heterocycles. The van der Waals surface area contributed by atoms with E-state index in [1.807, 2.05) is 30.3 Å². The van der Waals surface area contributed by atoms with Crippen molar-refractivity contribution in [3.63, 3.8) is 0 Å². The van der Waals surface area contributed by atoms with Crippen LogP contribution < -0.4 is 5.32 Å². The summed E-state index contributed by atoms with van der Waals surface area (Å²) in [5.74, 6) is 0.662. The molecule has 6 heteroatoms. The number of hydrogen-bond acceptors (Lipinski definition) is 4. The number of halogens is 1. The van der Waals surface area contributed by atoms with Crippen LogP contribution in [0.4, 0.5) is 4.39 Å².